The molecule has 4 aliphatic carbocycles. The first kappa shape index (κ1) is 24.9. The Morgan fingerprint density at radius 1 is 1.14 bits per heavy atom. The number of carbonyl (C=O) groups excluding carboxylic acids is 2. The van der Waals surface area contributed by atoms with E-state index in [1.165, 1.54) is 6.92 Å². The highest BCUT2D eigenvalue weighted by molar-refractivity contribution is 5.98. The van der Waals surface area contributed by atoms with Crippen molar-refractivity contribution in [2.75, 3.05) is 6.61 Å². The molecule has 5 rings (SSSR count). The van der Waals surface area contributed by atoms with E-state index >= 15 is 0 Å². The molecule has 0 saturated heterocycles. The van der Waals surface area contributed by atoms with Crippen molar-refractivity contribution in [3.8, 4) is 0 Å². The number of aliphatic hydroxyl groups excluding tert-OH is 1. The number of allylic oxidation sites excluding steroid dienone is 4. The maximum absolute atomic E-state index is 13.1. The van der Waals surface area contributed by atoms with E-state index in [1.807, 2.05) is 19.9 Å². The molecule has 7 nitrogen and oxygen atoms in total. The second-order valence-corrected chi connectivity index (χ2v) is 12.2. The summed E-state index contributed by atoms with van der Waals surface area (Å²) in [5, 5.41) is 46.0. The normalized spacial score (nSPS) is 46.9. The fourth-order valence-corrected chi connectivity index (χ4v) is 8.56. The average molecular weight is 487 g/mol. The molecule has 0 aromatic carbocycles. The molecule has 1 aliphatic heterocycles. The zero-order chi connectivity index (χ0) is 25.6. The van der Waals surface area contributed by atoms with Crippen molar-refractivity contribution in [2.24, 2.45) is 22.7 Å². The molecule has 8 atom stereocenters. The number of aliphatic hydroxyl groups is 4. The van der Waals surface area contributed by atoms with Crippen LogP contribution in [0.15, 0.2) is 34.9 Å². The number of esters is 1. The van der Waals surface area contributed by atoms with Crippen LogP contribution < -0.4 is 0 Å². The summed E-state index contributed by atoms with van der Waals surface area (Å²) < 4.78 is 5.56. The summed E-state index contributed by atoms with van der Waals surface area (Å²) >= 11 is 0. The van der Waals surface area contributed by atoms with Crippen LogP contribution in [0.5, 0.6) is 0 Å². The third kappa shape index (κ3) is 2.87. The summed E-state index contributed by atoms with van der Waals surface area (Å²) in [6.07, 6.45) is 7.78. The van der Waals surface area contributed by atoms with Gasteiger partial charge in [-0.1, -0.05) is 30.2 Å². The zero-order valence-corrected chi connectivity index (χ0v) is 21.1. The standard InChI is InChI=1S/C28H38O7/c1-16-14-22(35-23(31)18(16)15-29)26(4,32)28(34)13-12-27(33)20-9-8-17-6-5-7-21(30)25(17,3)19(20)10-11-24(27,28)2/h5,7-8,19-20,22,29,32-34H,6,9-15H2,1-4H3/t19-,20+,22+,24+,25+,26+,27-,28+/m1/s1. The Morgan fingerprint density at radius 2 is 1.86 bits per heavy atom. The number of ketones is 1. The van der Waals surface area contributed by atoms with Crippen molar-refractivity contribution in [1.29, 1.82) is 0 Å². The molecule has 0 aromatic rings. The molecule has 192 valence electrons. The van der Waals surface area contributed by atoms with Crippen LogP contribution in [0.2, 0.25) is 0 Å². The highest BCUT2D eigenvalue weighted by Crippen LogP contribution is 2.70. The highest BCUT2D eigenvalue weighted by Gasteiger charge is 2.76. The first-order chi connectivity index (χ1) is 16.3. The SMILES string of the molecule is CC1=C(CO)C(=O)O[C@H]([C@](C)(O)[C@]2(O)CC[C@@]3(O)[C@H]4CC=C5CC=CC(=O)[C@]5(C)[C@@H]4CC[C@]23C)C1. The topological polar surface area (TPSA) is 124 Å². The molecule has 0 amide bonds. The number of carbonyl (C=O) groups is 2. The molecule has 35 heavy (non-hydrogen) atoms. The Hall–Kier alpha value is -1.80. The summed E-state index contributed by atoms with van der Waals surface area (Å²) in [5.41, 5.74) is -4.64. The first-order valence-electron chi connectivity index (χ1n) is 12.9. The van der Waals surface area contributed by atoms with Crippen LogP contribution in [-0.2, 0) is 14.3 Å². The van der Waals surface area contributed by atoms with Gasteiger partial charge in [0.1, 0.15) is 17.3 Å². The summed E-state index contributed by atoms with van der Waals surface area (Å²) in [6, 6.07) is 0. The van der Waals surface area contributed by atoms with Gasteiger partial charge < -0.3 is 25.2 Å². The summed E-state index contributed by atoms with van der Waals surface area (Å²) in [5.74, 6) is -0.885. The van der Waals surface area contributed by atoms with E-state index in [2.05, 4.69) is 6.08 Å². The van der Waals surface area contributed by atoms with Crippen molar-refractivity contribution in [1.82, 2.24) is 0 Å². The van der Waals surface area contributed by atoms with Gasteiger partial charge in [0.05, 0.1) is 23.2 Å². The predicted molar refractivity (Wildman–Crippen MR) is 128 cm³/mol. The molecular formula is C28H38O7. The van der Waals surface area contributed by atoms with E-state index in [0.29, 0.717) is 24.8 Å². The number of fused-ring (bicyclic) bond motifs is 5. The Labute approximate surface area is 206 Å². The van der Waals surface area contributed by atoms with Gasteiger partial charge in [-0.25, -0.2) is 4.79 Å². The quantitative estimate of drug-likeness (QED) is 0.357. The second-order valence-electron chi connectivity index (χ2n) is 12.2. The van der Waals surface area contributed by atoms with Gasteiger partial charge in [0.2, 0.25) is 0 Å². The minimum atomic E-state index is -1.83. The minimum absolute atomic E-state index is 0.0462. The summed E-state index contributed by atoms with van der Waals surface area (Å²) in [4.78, 5) is 25.6. The van der Waals surface area contributed by atoms with Crippen LogP contribution in [-0.4, -0.2) is 61.7 Å². The first-order valence-corrected chi connectivity index (χ1v) is 12.9. The molecule has 0 bridgehead atoms. The fourth-order valence-electron chi connectivity index (χ4n) is 8.56. The molecule has 0 aromatic heterocycles. The fraction of sp³-hybridized carbons (Fsp3) is 0.714. The highest BCUT2D eigenvalue weighted by atomic mass is 16.6. The Kier molecular flexibility index (Phi) is 5.40. The van der Waals surface area contributed by atoms with E-state index in [9.17, 15) is 30.0 Å². The smallest absolute Gasteiger partial charge is 0.336 e. The number of hydrogen-bond acceptors (Lipinski definition) is 7. The molecule has 0 spiro atoms. The van der Waals surface area contributed by atoms with Gasteiger partial charge in [0.15, 0.2) is 5.78 Å². The van der Waals surface area contributed by atoms with E-state index in [0.717, 1.165) is 12.0 Å². The van der Waals surface area contributed by atoms with Gasteiger partial charge >= 0.3 is 5.97 Å². The number of cyclic esters (lactones) is 1. The lowest BCUT2D eigenvalue weighted by Gasteiger charge is -2.63. The van der Waals surface area contributed by atoms with Crippen molar-refractivity contribution in [3.63, 3.8) is 0 Å². The lowest BCUT2D eigenvalue weighted by Crippen LogP contribution is -2.72. The van der Waals surface area contributed by atoms with Gasteiger partial charge in [-0.15, -0.1) is 0 Å². The largest absolute Gasteiger partial charge is 0.455 e. The van der Waals surface area contributed by atoms with Crippen molar-refractivity contribution in [2.45, 2.75) is 95.5 Å². The molecular weight excluding hydrogens is 448 g/mol. The van der Waals surface area contributed by atoms with Gasteiger partial charge in [-0.05, 0) is 77.2 Å². The zero-order valence-electron chi connectivity index (χ0n) is 21.1. The lowest BCUT2D eigenvalue weighted by atomic mass is 9.44. The minimum Gasteiger partial charge on any atom is -0.455 e. The Balaban J connectivity index is 1.52. The predicted octanol–water partition coefficient (Wildman–Crippen LogP) is 2.52. The monoisotopic (exact) mass is 486 g/mol. The van der Waals surface area contributed by atoms with Crippen molar-refractivity contribution >= 4 is 11.8 Å². The number of hydrogen-bond donors (Lipinski definition) is 4. The molecule has 7 heteroatoms. The van der Waals surface area contributed by atoms with Crippen molar-refractivity contribution in [3.05, 3.63) is 34.9 Å². The van der Waals surface area contributed by atoms with Gasteiger partial charge in [0, 0.05) is 11.8 Å². The van der Waals surface area contributed by atoms with Gasteiger partial charge in [-0.2, -0.15) is 0 Å². The molecule has 2 fully saturated rings. The van der Waals surface area contributed by atoms with E-state index in [4.69, 9.17) is 4.74 Å². The van der Waals surface area contributed by atoms with E-state index in [1.54, 1.807) is 13.0 Å². The maximum Gasteiger partial charge on any atom is 0.336 e. The third-order valence-electron chi connectivity index (χ3n) is 11.1. The maximum atomic E-state index is 13.1. The van der Waals surface area contributed by atoms with Crippen LogP contribution in [0.4, 0.5) is 0 Å². The number of ether oxygens (including phenoxy) is 1. The molecule has 1 heterocycles. The van der Waals surface area contributed by atoms with Crippen LogP contribution >= 0.6 is 0 Å². The molecule has 5 aliphatic rings. The summed E-state index contributed by atoms with van der Waals surface area (Å²) in [6.45, 7) is 6.63. The number of rotatable bonds is 3. The molecule has 4 N–H and O–H groups in total. The van der Waals surface area contributed by atoms with Gasteiger partial charge in [0.25, 0.3) is 0 Å². The van der Waals surface area contributed by atoms with Crippen molar-refractivity contribution < 1.29 is 34.8 Å². The molecule has 0 unspecified atom stereocenters. The van der Waals surface area contributed by atoms with E-state index in [-0.39, 0.29) is 42.5 Å². The third-order valence-corrected chi connectivity index (χ3v) is 11.1. The van der Waals surface area contributed by atoms with Crippen LogP contribution in [0.25, 0.3) is 0 Å². The van der Waals surface area contributed by atoms with Gasteiger partial charge in [-0.3, -0.25) is 4.79 Å². The van der Waals surface area contributed by atoms with Crippen LogP contribution in [0, 0.1) is 22.7 Å². The lowest BCUT2D eigenvalue weighted by molar-refractivity contribution is -0.279. The van der Waals surface area contributed by atoms with Crippen LogP contribution in [0.3, 0.4) is 0 Å². The Bertz CT molecular complexity index is 1070. The summed E-state index contributed by atoms with van der Waals surface area (Å²) in [7, 11) is 0. The average Bonchev–Trinajstić information content (AvgIpc) is 3.02. The Morgan fingerprint density at radius 3 is 2.51 bits per heavy atom. The molecule has 0 radical (unpaired) electrons. The van der Waals surface area contributed by atoms with E-state index < -0.39 is 46.3 Å². The second kappa shape index (κ2) is 7.60. The van der Waals surface area contributed by atoms with Crippen LogP contribution in [0.1, 0.15) is 72.6 Å². The molecule has 2 saturated carbocycles.